The molecule has 0 saturated heterocycles. The number of nitrogens with zero attached hydrogens (tertiary/aromatic N) is 1. The van der Waals surface area contributed by atoms with Crippen molar-refractivity contribution in [2.75, 3.05) is 6.61 Å². The first-order chi connectivity index (χ1) is 5.94. The molecule has 0 rings (SSSR count). The minimum Gasteiger partial charge on any atom is -0.512 e. The fourth-order valence-electron chi connectivity index (χ4n) is 0.515. The van der Waals surface area contributed by atoms with Crippen molar-refractivity contribution in [2.24, 2.45) is 16.1 Å². The number of rotatable bonds is 4. The van der Waals surface area contributed by atoms with Gasteiger partial charge in [0.05, 0.1) is 6.61 Å². The van der Waals surface area contributed by atoms with E-state index in [1.165, 1.54) is 0 Å². The van der Waals surface area contributed by atoms with Crippen LogP contribution in [0.4, 0.5) is 0 Å². The predicted molar refractivity (Wildman–Crippen MR) is 49.3 cm³/mol. The number of carbonyl (C=O) groups is 1. The van der Waals surface area contributed by atoms with E-state index >= 15 is 0 Å². The Hall–Kier alpha value is -1.36. The molecule has 0 unspecified atom stereocenters. The van der Waals surface area contributed by atoms with Gasteiger partial charge >= 0.3 is 0 Å². The molecule has 4 N–H and O–H groups in total. The minimum atomic E-state index is -0.775. The maximum Gasteiger partial charge on any atom is 0.234 e. The van der Waals surface area contributed by atoms with E-state index in [0.29, 0.717) is 0 Å². The van der Waals surface area contributed by atoms with E-state index in [1.54, 1.807) is 13.8 Å². The first kappa shape index (κ1) is 11.6. The number of aliphatic imine (C=N–C) groups is 1. The second-order valence-electron chi connectivity index (χ2n) is 3.23. The lowest BCUT2D eigenvalue weighted by molar-refractivity contribution is -0.106. The van der Waals surface area contributed by atoms with Crippen molar-refractivity contribution in [1.82, 2.24) is 0 Å². The van der Waals surface area contributed by atoms with Crippen molar-refractivity contribution >= 4 is 12.2 Å². The molecule has 5 heteroatoms. The standard InChI is InChI=1S/C8H14N2O3/c1-8(2,4-11)6(13)3-7(9)10-5-12/h3,5,11,13H,4H2,1-2H3,(H2,9,10,12)/b6-3-. The van der Waals surface area contributed by atoms with Gasteiger partial charge in [0, 0.05) is 11.5 Å². The molecule has 0 heterocycles. The topological polar surface area (TPSA) is 95.9 Å². The fraction of sp³-hybridized carbons (Fsp3) is 0.500. The number of amides is 1. The van der Waals surface area contributed by atoms with Crippen LogP contribution in [0.3, 0.4) is 0 Å². The van der Waals surface area contributed by atoms with E-state index in [9.17, 15) is 9.90 Å². The molecule has 0 atom stereocenters. The van der Waals surface area contributed by atoms with Gasteiger partial charge in [0.15, 0.2) is 0 Å². The minimum absolute atomic E-state index is 0.0889. The van der Waals surface area contributed by atoms with E-state index in [-0.39, 0.29) is 24.6 Å². The molecule has 0 fully saturated rings. The van der Waals surface area contributed by atoms with Crippen molar-refractivity contribution in [3.63, 3.8) is 0 Å². The van der Waals surface area contributed by atoms with Crippen molar-refractivity contribution in [3.05, 3.63) is 11.8 Å². The molecule has 0 bridgehead atoms. The smallest absolute Gasteiger partial charge is 0.234 e. The summed E-state index contributed by atoms with van der Waals surface area (Å²) in [5, 5.41) is 18.3. The summed E-state index contributed by atoms with van der Waals surface area (Å²) in [6.07, 6.45) is 1.43. The zero-order valence-electron chi connectivity index (χ0n) is 7.69. The van der Waals surface area contributed by atoms with Gasteiger partial charge in [-0.1, -0.05) is 13.8 Å². The number of hydrogen-bond donors (Lipinski definition) is 3. The van der Waals surface area contributed by atoms with Crippen molar-refractivity contribution in [2.45, 2.75) is 13.8 Å². The molecule has 1 amide bonds. The van der Waals surface area contributed by atoms with Crippen LogP contribution in [0, 0.1) is 5.41 Å². The molecule has 0 aliphatic carbocycles. The van der Waals surface area contributed by atoms with Crippen LogP contribution in [0.25, 0.3) is 0 Å². The highest BCUT2D eigenvalue weighted by Gasteiger charge is 2.21. The lowest BCUT2D eigenvalue weighted by Gasteiger charge is -2.20. The Labute approximate surface area is 76.6 Å². The summed E-state index contributed by atoms with van der Waals surface area (Å²) in [6, 6.07) is 0. The molecule has 13 heavy (non-hydrogen) atoms. The highest BCUT2D eigenvalue weighted by molar-refractivity contribution is 5.95. The molecule has 0 aromatic carbocycles. The summed E-state index contributed by atoms with van der Waals surface area (Å²) in [5.41, 5.74) is 4.46. The summed E-state index contributed by atoms with van der Waals surface area (Å²) >= 11 is 0. The maximum atomic E-state index is 9.89. The van der Waals surface area contributed by atoms with Gasteiger partial charge in [-0.2, -0.15) is 4.99 Å². The van der Waals surface area contributed by atoms with Gasteiger partial charge in [-0.3, -0.25) is 4.79 Å². The normalized spacial score (nSPS) is 14.4. The van der Waals surface area contributed by atoms with Crippen LogP contribution >= 0.6 is 0 Å². The van der Waals surface area contributed by atoms with Gasteiger partial charge in [-0.15, -0.1) is 0 Å². The zero-order chi connectivity index (χ0) is 10.5. The molecule has 0 spiro atoms. The molecule has 0 aliphatic rings. The molecular weight excluding hydrogens is 172 g/mol. The monoisotopic (exact) mass is 186 g/mol. The Bertz CT molecular complexity index is 244. The van der Waals surface area contributed by atoms with Gasteiger partial charge in [-0.05, 0) is 0 Å². The third-order valence-electron chi connectivity index (χ3n) is 1.58. The largest absolute Gasteiger partial charge is 0.512 e. The van der Waals surface area contributed by atoms with Gasteiger partial charge in [0.1, 0.15) is 11.6 Å². The Morgan fingerprint density at radius 2 is 2.15 bits per heavy atom. The summed E-state index contributed by atoms with van der Waals surface area (Å²) in [5.74, 6) is -0.202. The SMILES string of the molecule is CC(C)(CO)/C(O)=C/C(N)=NC=O. The van der Waals surface area contributed by atoms with E-state index in [1.807, 2.05) is 0 Å². The predicted octanol–water partition coefficient (Wildman–Crippen LogP) is -0.0396. The van der Waals surface area contributed by atoms with Crippen LogP contribution < -0.4 is 5.73 Å². The molecule has 0 saturated carbocycles. The number of aliphatic hydroxyl groups excluding tert-OH is 2. The van der Waals surface area contributed by atoms with Gasteiger partial charge < -0.3 is 15.9 Å². The van der Waals surface area contributed by atoms with E-state index in [4.69, 9.17) is 10.8 Å². The molecular formula is C8H14N2O3. The zero-order valence-corrected chi connectivity index (χ0v) is 7.69. The molecule has 74 valence electrons. The van der Waals surface area contributed by atoms with E-state index < -0.39 is 5.41 Å². The van der Waals surface area contributed by atoms with Crippen LogP contribution in [0.1, 0.15) is 13.8 Å². The van der Waals surface area contributed by atoms with Crippen molar-refractivity contribution < 1.29 is 15.0 Å². The molecule has 0 radical (unpaired) electrons. The van der Waals surface area contributed by atoms with E-state index in [0.717, 1.165) is 6.08 Å². The van der Waals surface area contributed by atoms with Crippen molar-refractivity contribution in [3.8, 4) is 0 Å². The Morgan fingerprint density at radius 1 is 1.62 bits per heavy atom. The van der Waals surface area contributed by atoms with Crippen LogP contribution in [-0.2, 0) is 4.79 Å². The number of amidine groups is 1. The first-order valence-electron chi connectivity index (χ1n) is 3.73. The van der Waals surface area contributed by atoms with Crippen LogP contribution in [0.15, 0.2) is 16.8 Å². The molecule has 0 aromatic rings. The third-order valence-corrected chi connectivity index (χ3v) is 1.58. The summed E-state index contributed by atoms with van der Waals surface area (Å²) in [7, 11) is 0. The quantitative estimate of drug-likeness (QED) is 0.248. The average Bonchev–Trinajstić information content (AvgIpc) is 2.04. The molecule has 5 nitrogen and oxygen atoms in total. The van der Waals surface area contributed by atoms with Crippen molar-refractivity contribution in [1.29, 1.82) is 0 Å². The summed E-state index contributed by atoms with van der Waals surface area (Å²) in [6.45, 7) is 3.05. The Morgan fingerprint density at radius 3 is 2.54 bits per heavy atom. The third kappa shape index (κ3) is 3.71. The second-order valence-corrected chi connectivity index (χ2v) is 3.23. The van der Waals surface area contributed by atoms with Gasteiger partial charge in [0.2, 0.25) is 6.41 Å². The number of nitrogens with two attached hydrogens (primary N) is 1. The highest BCUT2D eigenvalue weighted by Crippen LogP contribution is 2.22. The van der Waals surface area contributed by atoms with Crippen LogP contribution in [0.5, 0.6) is 0 Å². The number of carbonyl (C=O) groups excluding carboxylic acids is 1. The Kier molecular flexibility index (Phi) is 4.13. The molecule has 0 aliphatic heterocycles. The first-order valence-corrected chi connectivity index (χ1v) is 3.73. The van der Waals surface area contributed by atoms with Gasteiger partial charge in [0.25, 0.3) is 0 Å². The molecule has 0 aromatic heterocycles. The van der Waals surface area contributed by atoms with Gasteiger partial charge in [-0.25, -0.2) is 0 Å². The lowest BCUT2D eigenvalue weighted by Crippen LogP contribution is -2.22. The summed E-state index contributed by atoms with van der Waals surface area (Å²) < 4.78 is 0. The number of aliphatic hydroxyl groups is 2. The van der Waals surface area contributed by atoms with Crippen LogP contribution in [-0.4, -0.2) is 29.1 Å². The second kappa shape index (κ2) is 4.61. The van der Waals surface area contributed by atoms with Crippen LogP contribution in [0.2, 0.25) is 0 Å². The maximum absolute atomic E-state index is 9.89. The highest BCUT2D eigenvalue weighted by atomic mass is 16.3. The average molecular weight is 186 g/mol. The van der Waals surface area contributed by atoms with E-state index in [2.05, 4.69) is 4.99 Å². The fourth-order valence-corrected chi connectivity index (χ4v) is 0.515. The summed E-state index contributed by atoms with van der Waals surface area (Å²) in [4.78, 5) is 13.1. The number of hydrogen-bond acceptors (Lipinski definition) is 3. The lowest BCUT2D eigenvalue weighted by atomic mass is 9.92. The Balaban J connectivity index is 4.67.